The second-order valence-electron chi connectivity index (χ2n) is 3.00. The maximum atomic E-state index is 10.7. The van der Waals surface area contributed by atoms with Crippen LogP contribution in [0.4, 0.5) is 0 Å². The molecule has 2 amide bonds. The Hall–Kier alpha value is -1.10. The monoisotopic (exact) mass is 171 g/mol. The zero-order chi connectivity index (χ0) is 9.14. The molecule has 0 aliphatic carbocycles. The number of amides is 2. The number of carbonyl (C=O) groups excluding carboxylic acids is 2. The number of hydrogen-bond acceptors (Lipinski definition) is 3. The summed E-state index contributed by atoms with van der Waals surface area (Å²) in [5, 5.41) is 5.61. The summed E-state index contributed by atoms with van der Waals surface area (Å²) in [7, 11) is 0. The minimum atomic E-state index is -0.394. The molecule has 1 fully saturated rings. The minimum absolute atomic E-state index is 0.0178. The van der Waals surface area contributed by atoms with Crippen molar-refractivity contribution in [2.45, 2.75) is 25.4 Å². The summed E-state index contributed by atoms with van der Waals surface area (Å²) in [5.41, 5.74) is 5.04. The topological polar surface area (TPSA) is 84.2 Å². The van der Waals surface area contributed by atoms with E-state index in [1.165, 1.54) is 0 Å². The van der Waals surface area contributed by atoms with E-state index < -0.39 is 5.91 Å². The number of hydrogen-bond donors (Lipinski definition) is 3. The van der Waals surface area contributed by atoms with Gasteiger partial charge >= 0.3 is 0 Å². The van der Waals surface area contributed by atoms with E-state index in [9.17, 15) is 9.59 Å². The van der Waals surface area contributed by atoms with Crippen LogP contribution in [0.25, 0.3) is 0 Å². The van der Waals surface area contributed by atoms with E-state index in [4.69, 9.17) is 5.73 Å². The first kappa shape index (κ1) is 8.99. The van der Waals surface area contributed by atoms with Crippen molar-refractivity contribution in [2.75, 3.05) is 6.54 Å². The first-order valence-electron chi connectivity index (χ1n) is 3.91. The molecule has 0 aromatic heterocycles. The van der Waals surface area contributed by atoms with E-state index in [-0.39, 0.29) is 18.0 Å². The van der Waals surface area contributed by atoms with Gasteiger partial charge in [0, 0.05) is 19.0 Å². The van der Waals surface area contributed by atoms with Gasteiger partial charge in [0.05, 0.1) is 6.04 Å². The van der Waals surface area contributed by atoms with Crippen molar-refractivity contribution >= 4 is 11.8 Å². The third-order valence-corrected chi connectivity index (χ3v) is 1.89. The molecule has 1 aliphatic rings. The molecule has 2 atom stereocenters. The molecule has 0 spiro atoms. The Bertz CT molecular complexity index is 205. The minimum Gasteiger partial charge on any atom is -0.368 e. The quantitative estimate of drug-likeness (QED) is 0.475. The summed E-state index contributed by atoms with van der Waals surface area (Å²) in [6.45, 7) is 2.27. The highest BCUT2D eigenvalue weighted by Crippen LogP contribution is 1.99. The zero-order valence-electron chi connectivity index (χ0n) is 6.96. The van der Waals surface area contributed by atoms with E-state index in [1.807, 2.05) is 0 Å². The van der Waals surface area contributed by atoms with Crippen molar-refractivity contribution in [3.63, 3.8) is 0 Å². The largest absolute Gasteiger partial charge is 0.368 e. The SMILES string of the molecule is CC(NC1CNC(=O)C1)C(N)=O. The second kappa shape index (κ2) is 3.53. The van der Waals surface area contributed by atoms with E-state index in [2.05, 4.69) is 10.6 Å². The van der Waals surface area contributed by atoms with Crippen LogP contribution < -0.4 is 16.4 Å². The van der Waals surface area contributed by atoms with Crippen molar-refractivity contribution in [1.82, 2.24) is 10.6 Å². The van der Waals surface area contributed by atoms with E-state index in [0.29, 0.717) is 13.0 Å². The number of nitrogens with two attached hydrogens (primary N) is 1. The van der Waals surface area contributed by atoms with E-state index in [0.717, 1.165) is 0 Å². The van der Waals surface area contributed by atoms with Gasteiger partial charge in [0.25, 0.3) is 0 Å². The molecule has 5 nitrogen and oxygen atoms in total. The zero-order valence-corrected chi connectivity index (χ0v) is 6.96. The molecule has 0 aromatic rings. The fraction of sp³-hybridized carbons (Fsp3) is 0.714. The summed E-state index contributed by atoms with van der Waals surface area (Å²) < 4.78 is 0. The van der Waals surface area contributed by atoms with Crippen LogP contribution in [0, 0.1) is 0 Å². The molecule has 5 heteroatoms. The maximum absolute atomic E-state index is 10.7. The van der Waals surface area contributed by atoms with Gasteiger partial charge in [0.15, 0.2) is 0 Å². The predicted molar refractivity (Wildman–Crippen MR) is 43.2 cm³/mol. The molecule has 1 aliphatic heterocycles. The average molecular weight is 171 g/mol. The van der Waals surface area contributed by atoms with Gasteiger partial charge in [0.2, 0.25) is 11.8 Å². The highest BCUT2D eigenvalue weighted by molar-refractivity contribution is 5.81. The Morgan fingerprint density at radius 1 is 1.83 bits per heavy atom. The van der Waals surface area contributed by atoms with Crippen molar-refractivity contribution < 1.29 is 9.59 Å². The van der Waals surface area contributed by atoms with Crippen LogP contribution in [0.3, 0.4) is 0 Å². The maximum Gasteiger partial charge on any atom is 0.234 e. The van der Waals surface area contributed by atoms with Crippen LogP contribution >= 0.6 is 0 Å². The molecule has 1 heterocycles. The molecular formula is C7H13N3O2. The Balaban J connectivity index is 2.32. The Kier molecular flexibility index (Phi) is 2.65. The summed E-state index contributed by atoms with van der Waals surface area (Å²) in [4.78, 5) is 21.4. The summed E-state index contributed by atoms with van der Waals surface area (Å²) in [6.07, 6.45) is 0.428. The van der Waals surface area contributed by atoms with Crippen molar-refractivity contribution in [3.05, 3.63) is 0 Å². The molecule has 68 valence electrons. The third-order valence-electron chi connectivity index (χ3n) is 1.89. The summed E-state index contributed by atoms with van der Waals surface area (Å²) in [5.74, 6) is -0.376. The smallest absolute Gasteiger partial charge is 0.234 e. The van der Waals surface area contributed by atoms with Gasteiger partial charge in [-0.25, -0.2) is 0 Å². The van der Waals surface area contributed by atoms with Gasteiger partial charge < -0.3 is 16.4 Å². The Morgan fingerprint density at radius 3 is 2.92 bits per heavy atom. The molecule has 12 heavy (non-hydrogen) atoms. The molecule has 4 N–H and O–H groups in total. The lowest BCUT2D eigenvalue weighted by Crippen LogP contribution is -2.45. The molecule has 0 aromatic carbocycles. The molecule has 0 bridgehead atoms. The molecule has 0 saturated carbocycles. The van der Waals surface area contributed by atoms with Gasteiger partial charge in [0.1, 0.15) is 0 Å². The first-order chi connectivity index (χ1) is 5.59. The van der Waals surface area contributed by atoms with E-state index >= 15 is 0 Å². The molecule has 0 radical (unpaired) electrons. The van der Waals surface area contributed by atoms with Gasteiger partial charge in [-0.05, 0) is 6.92 Å². The lowest BCUT2D eigenvalue weighted by atomic mass is 10.2. The highest BCUT2D eigenvalue weighted by Gasteiger charge is 2.23. The van der Waals surface area contributed by atoms with E-state index in [1.54, 1.807) is 6.92 Å². The predicted octanol–water partition coefficient (Wildman–Crippen LogP) is -1.66. The highest BCUT2D eigenvalue weighted by atomic mass is 16.2. The van der Waals surface area contributed by atoms with Crippen LogP contribution in [-0.4, -0.2) is 30.4 Å². The van der Waals surface area contributed by atoms with Crippen molar-refractivity contribution in [2.24, 2.45) is 5.73 Å². The number of nitrogens with one attached hydrogen (secondary N) is 2. The lowest BCUT2D eigenvalue weighted by Gasteiger charge is -2.14. The molecule has 1 rings (SSSR count). The fourth-order valence-corrected chi connectivity index (χ4v) is 1.16. The first-order valence-corrected chi connectivity index (χ1v) is 3.91. The standard InChI is InChI=1S/C7H13N3O2/c1-4(7(8)12)10-5-2-6(11)9-3-5/h4-5,10H,2-3H2,1H3,(H2,8,12)(H,9,11). The second-order valence-corrected chi connectivity index (χ2v) is 3.00. The van der Waals surface area contributed by atoms with Gasteiger partial charge in [-0.15, -0.1) is 0 Å². The summed E-state index contributed by atoms with van der Waals surface area (Å²) >= 11 is 0. The third kappa shape index (κ3) is 2.20. The van der Waals surface area contributed by atoms with Crippen LogP contribution in [0.2, 0.25) is 0 Å². The van der Waals surface area contributed by atoms with Crippen LogP contribution in [0.5, 0.6) is 0 Å². The van der Waals surface area contributed by atoms with Crippen LogP contribution in [0.15, 0.2) is 0 Å². The molecule has 1 saturated heterocycles. The van der Waals surface area contributed by atoms with Crippen molar-refractivity contribution in [3.8, 4) is 0 Å². The van der Waals surface area contributed by atoms with Gasteiger partial charge in [-0.2, -0.15) is 0 Å². The van der Waals surface area contributed by atoms with Gasteiger partial charge in [-0.3, -0.25) is 9.59 Å². The average Bonchev–Trinajstić information content (AvgIpc) is 2.35. The number of carbonyl (C=O) groups is 2. The fourth-order valence-electron chi connectivity index (χ4n) is 1.16. The number of primary amides is 1. The summed E-state index contributed by atoms with van der Waals surface area (Å²) in [6, 6.07) is -0.331. The van der Waals surface area contributed by atoms with Gasteiger partial charge in [-0.1, -0.05) is 0 Å². The molecule has 2 unspecified atom stereocenters. The molecular weight excluding hydrogens is 158 g/mol. The Morgan fingerprint density at radius 2 is 2.50 bits per heavy atom. The lowest BCUT2D eigenvalue weighted by molar-refractivity contribution is -0.121. The Labute approximate surface area is 70.7 Å². The van der Waals surface area contributed by atoms with Crippen LogP contribution in [0.1, 0.15) is 13.3 Å². The van der Waals surface area contributed by atoms with Crippen molar-refractivity contribution in [1.29, 1.82) is 0 Å². The normalized spacial score (nSPS) is 25.1. The number of rotatable bonds is 3. The van der Waals surface area contributed by atoms with Crippen LogP contribution in [-0.2, 0) is 9.59 Å².